The van der Waals surface area contributed by atoms with E-state index in [4.69, 9.17) is 4.99 Å². The predicted molar refractivity (Wildman–Crippen MR) is 74.6 cm³/mol. The molecule has 0 aromatic heterocycles. The third kappa shape index (κ3) is 2.37. The molecule has 0 bridgehead atoms. The molecule has 1 N–H and O–H groups in total. The maximum atomic E-state index is 4.87. The van der Waals surface area contributed by atoms with Crippen LogP contribution >= 0.6 is 23.5 Å². The Kier molecular flexibility index (Phi) is 3.39. The van der Waals surface area contributed by atoms with E-state index in [1.807, 2.05) is 23.5 Å². The summed E-state index contributed by atoms with van der Waals surface area (Å²) in [5.41, 5.74) is 0.424. The molecule has 3 fully saturated rings. The molecule has 1 spiro atoms. The van der Waals surface area contributed by atoms with Gasteiger partial charge in [0.1, 0.15) is 0 Å². The molecule has 2 saturated heterocycles. The van der Waals surface area contributed by atoms with E-state index in [9.17, 15) is 0 Å². The van der Waals surface area contributed by atoms with Gasteiger partial charge in [-0.15, -0.1) is 0 Å². The number of amidine groups is 1. The van der Waals surface area contributed by atoms with Gasteiger partial charge in [0.25, 0.3) is 0 Å². The lowest BCUT2D eigenvalue weighted by Crippen LogP contribution is -2.45. The van der Waals surface area contributed by atoms with Gasteiger partial charge in [-0.05, 0) is 25.0 Å². The van der Waals surface area contributed by atoms with Crippen LogP contribution in [0.2, 0.25) is 0 Å². The van der Waals surface area contributed by atoms with E-state index >= 15 is 0 Å². The van der Waals surface area contributed by atoms with Gasteiger partial charge in [-0.1, -0.05) is 31.0 Å². The molecule has 1 aliphatic carbocycles. The highest BCUT2D eigenvalue weighted by molar-refractivity contribution is 8.14. The van der Waals surface area contributed by atoms with Gasteiger partial charge < -0.3 is 5.32 Å². The van der Waals surface area contributed by atoms with Crippen molar-refractivity contribution in [2.45, 2.75) is 50.1 Å². The Labute approximate surface area is 106 Å². The largest absolute Gasteiger partial charge is 0.359 e. The molecule has 0 radical (unpaired) electrons. The van der Waals surface area contributed by atoms with Crippen molar-refractivity contribution in [1.82, 2.24) is 5.32 Å². The first-order valence-corrected chi connectivity index (χ1v) is 8.57. The molecule has 0 amide bonds. The predicted octanol–water partition coefficient (Wildman–Crippen LogP) is 2.89. The van der Waals surface area contributed by atoms with Crippen molar-refractivity contribution in [2.75, 3.05) is 17.3 Å². The molecule has 3 rings (SSSR count). The molecule has 2 heterocycles. The highest BCUT2D eigenvalue weighted by Gasteiger charge is 2.38. The van der Waals surface area contributed by atoms with Gasteiger partial charge in [0.15, 0.2) is 5.17 Å². The summed E-state index contributed by atoms with van der Waals surface area (Å²) in [5, 5.41) is 4.98. The molecule has 0 aromatic carbocycles. The fraction of sp³-hybridized carbons (Fsp3) is 0.917. The van der Waals surface area contributed by atoms with E-state index in [0.29, 0.717) is 11.6 Å². The van der Waals surface area contributed by atoms with Crippen molar-refractivity contribution in [3.05, 3.63) is 0 Å². The zero-order valence-electron chi connectivity index (χ0n) is 9.71. The Balaban J connectivity index is 1.62. The van der Waals surface area contributed by atoms with E-state index in [0.717, 1.165) is 0 Å². The zero-order chi connectivity index (χ0) is 10.8. The molecule has 1 saturated carbocycles. The van der Waals surface area contributed by atoms with Crippen LogP contribution in [0.25, 0.3) is 0 Å². The number of nitrogens with one attached hydrogen (secondary N) is 1. The van der Waals surface area contributed by atoms with Gasteiger partial charge in [-0.2, -0.15) is 11.8 Å². The van der Waals surface area contributed by atoms with Gasteiger partial charge in [0, 0.05) is 17.0 Å². The SMILES string of the molecule is C1CCC2(CC1)CSC(=NC1CCSC1)N2. The second kappa shape index (κ2) is 4.81. The monoisotopic (exact) mass is 256 g/mol. The summed E-state index contributed by atoms with van der Waals surface area (Å²) < 4.78 is 0. The van der Waals surface area contributed by atoms with Gasteiger partial charge in [-0.3, -0.25) is 4.99 Å². The second-order valence-electron chi connectivity index (χ2n) is 5.21. The van der Waals surface area contributed by atoms with Crippen LogP contribution in [0.15, 0.2) is 4.99 Å². The van der Waals surface area contributed by atoms with Crippen molar-refractivity contribution in [2.24, 2.45) is 4.99 Å². The molecule has 0 aromatic rings. The Morgan fingerprint density at radius 3 is 2.88 bits per heavy atom. The lowest BCUT2D eigenvalue weighted by atomic mass is 9.83. The van der Waals surface area contributed by atoms with E-state index in [1.165, 1.54) is 61.0 Å². The minimum absolute atomic E-state index is 0.424. The van der Waals surface area contributed by atoms with Crippen LogP contribution in [-0.2, 0) is 0 Å². The summed E-state index contributed by atoms with van der Waals surface area (Å²) in [6, 6.07) is 0.596. The highest BCUT2D eigenvalue weighted by Crippen LogP contribution is 2.36. The molecule has 90 valence electrons. The molecule has 16 heavy (non-hydrogen) atoms. The van der Waals surface area contributed by atoms with E-state index in [-0.39, 0.29) is 0 Å². The fourth-order valence-corrected chi connectivity index (χ4v) is 5.27. The Morgan fingerprint density at radius 1 is 1.25 bits per heavy atom. The first-order chi connectivity index (χ1) is 7.86. The second-order valence-corrected chi connectivity index (χ2v) is 7.32. The molecule has 2 aliphatic heterocycles. The van der Waals surface area contributed by atoms with Crippen molar-refractivity contribution in [3.63, 3.8) is 0 Å². The standard InChI is InChI=1S/C12H20N2S2/c1-2-5-12(6-3-1)9-16-11(14-12)13-10-4-7-15-8-10/h10H,1-9H2,(H,13,14). The number of rotatable bonds is 1. The van der Waals surface area contributed by atoms with Crippen LogP contribution < -0.4 is 5.32 Å². The number of aliphatic imine (C=N–C) groups is 1. The lowest BCUT2D eigenvalue weighted by Gasteiger charge is -2.32. The summed E-state index contributed by atoms with van der Waals surface area (Å²) in [6.45, 7) is 0. The van der Waals surface area contributed by atoms with Gasteiger partial charge >= 0.3 is 0 Å². The molecule has 1 atom stereocenters. The highest BCUT2D eigenvalue weighted by atomic mass is 32.2. The smallest absolute Gasteiger partial charge is 0.157 e. The van der Waals surface area contributed by atoms with Crippen LogP contribution in [0.1, 0.15) is 38.5 Å². The average Bonchev–Trinajstić information content (AvgIpc) is 2.92. The minimum atomic E-state index is 0.424. The van der Waals surface area contributed by atoms with Crippen LogP contribution in [0, 0.1) is 0 Å². The summed E-state index contributed by atoms with van der Waals surface area (Å²) in [7, 11) is 0. The molecule has 2 nitrogen and oxygen atoms in total. The normalized spacial score (nSPS) is 35.8. The van der Waals surface area contributed by atoms with Crippen molar-refractivity contribution < 1.29 is 0 Å². The van der Waals surface area contributed by atoms with Crippen LogP contribution in [0.3, 0.4) is 0 Å². The van der Waals surface area contributed by atoms with E-state index in [2.05, 4.69) is 5.32 Å². The van der Waals surface area contributed by atoms with E-state index in [1.54, 1.807) is 0 Å². The quantitative estimate of drug-likeness (QED) is 0.781. The lowest BCUT2D eigenvalue weighted by molar-refractivity contribution is 0.303. The van der Waals surface area contributed by atoms with Gasteiger partial charge in [0.05, 0.1) is 6.04 Å². The van der Waals surface area contributed by atoms with Crippen molar-refractivity contribution in [1.29, 1.82) is 0 Å². The van der Waals surface area contributed by atoms with Crippen LogP contribution in [0.5, 0.6) is 0 Å². The molecule has 4 heteroatoms. The third-order valence-electron chi connectivity index (χ3n) is 3.87. The summed E-state index contributed by atoms with van der Waals surface area (Å²) in [6.07, 6.45) is 8.24. The number of hydrogen-bond donors (Lipinski definition) is 1. The zero-order valence-corrected chi connectivity index (χ0v) is 11.3. The Bertz CT molecular complexity index is 279. The molecular weight excluding hydrogens is 236 g/mol. The maximum absolute atomic E-state index is 4.87. The molecule has 3 aliphatic rings. The first kappa shape index (κ1) is 11.3. The molecular formula is C12H20N2S2. The van der Waals surface area contributed by atoms with Crippen molar-refractivity contribution in [3.8, 4) is 0 Å². The fourth-order valence-electron chi connectivity index (χ4n) is 2.86. The van der Waals surface area contributed by atoms with Crippen LogP contribution in [0.4, 0.5) is 0 Å². The number of hydrogen-bond acceptors (Lipinski definition) is 3. The maximum Gasteiger partial charge on any atom is 0.157 e. The topological polar surface area (TPSA) is 24.4 Å². The number of thioether (sulfide) groups is 2. The Hall–Kier alpha value is 0.170. The van der Waals surface area contributed by atoms with Gasteiger partial charge in [-0.25, -0.2) is 0 Å². The molecule has 1 unspecified atom stereocenters. The first-order valence-electron chi connectivity index (χ1n) is 6.43. The number of nitrogens with zero attached hydrogens (tertiary/aromatic N) is 1. The summed E-state index contributed by atoms with van der Waals surface area (Å²) >= 11 is 4.01. The van der Waals surface area contributed by atoms with E-state index < -0.39 is 0 Å². The average molecular weight is 256 g/mol. The Morgan fingerprint density at radius 2 is 2.12 bits per heavy atom. The summed E-state index contributed by atoms with van der Waals surface area (Å²) in [5.74, 6) is 3.79. The minimum Gasteiger partial charge on any atom is -0.359 e. The van der Waals surface area contributed by atoms with Gasteiger partial charge in [0.2, 0.25) is 0 Å². The summed E-state index contributed by atoms with van der Waals surface area (Å²) in [4.78, 5) is 4.87. The third-order valence-corrected chi connectivity index (χ3v) is 6.20. The van der Waals surface area contributed by atoms with Crippen LogP contribution in [-0.4, -0.2) is 34.0 Å². The van der Waals surface area contributed by atoms with Crippen molar-refractivity contribution >= 4 is 28.7 Å².